The maximum Gasteiger partial charge on any atom is 0.398 e. The van der Waals surface area contributed by atoms with E-state index in [1.807, 2.05) is 0 Å². The van der Waals surface area contributed by atoms with Gasteiger partial charge in [0.1, 0.15) is 0 Å². The van der Waals surface area contributed by atoms with E-state index in [0.717, 1.165) is 0 Å². The third kappa shape index (κ3) is 7.31. The SMILES string of the molecule is CC(C)OP(=O)(O)SP(=O)(O)O. The van der Waals surface area contributed by atoms with Crippen LogP contribution in [0.3, 0.4) is 0 Å². The lowest BCUT2D eigenvalue weighted by atomic mass is 10.5. The van der Waals surface area contributed by atoms with Crippen LogP contribution in [0, 0.1) is 0 Å². The van der Waals surface area contributed by atoms with Crippen LogP contribution in [0.5, 0.6) is 0 Å². The normalized spacial score (nSPS) is 17.8. The molecule has 0 saturated heterocycles. The van der Waals surface area contributed by atoms with E-state index in [-0.39, 0.29) is 11.0 Å². The van der Waals surface area contributed by atoms with Gasteiger partial charge >= 0.3 is 13.6 Å². The standard InChI is InChI=1S/C3H10O6P2S/c1-3(2)9-11(7,8)12-10(4,5)6/h3H,1-2H3,(H,7,8)(H2,4,5,6). The molecule has 0 aliphatic rings. The van der Waals surface area contributed by atoms with Crippen LogP contribution in [-0.4, -0.2) is 20.8 Å². The molecular formula is C3H10O6P2S. The molecule has 6 nitrogen and oxygen atoms in total. The van der Waals surface area contributed by atoms with Gasteiger partial charge in [-0.15, -0.1) is 0 Å². The molecule has 0 aliphatic heterocycles. The highest BCUT2D eigenvalue weighted by Gasteiger charge is 2.33. The van der Waals surface area contributed by atoms with Crippen LogP contribution in [-0.2, 0) is 13.7 Å². The molecule has 1 unspecified atom stereocenters. The summed E-state index contributed by atoms with van der Waals surface area (Å²) in [5.41, 5.74) is 0. The Morgan fingerprint density at radius 1 is 1.25 bits per heavy atom. The molecule has 0 saturated carbocycles. The molecule has 0 spiro atoms. The second-order valence-corrected chi connectivity index (χ2v) is 9.26. The van der Waals surface area contributed by atoms with Gasteiger partial charge in [0.15, 0.2) is 0 Å². The fourth-order valence-electron chi connectivity index (χ4n) is 0.420. The van der Waals surface area contributed by atoms with E-state index in [1.54, 1.807) is 0 Å². The van der Waals surface area contributed by atoms with E-state index in [9.17, 15) is 9.13 Å². The summed E-state index contributed by atoms with van der Waals surface area (Å²) in [6, 6.07) is 0. The van der Waals surface area contributed by atoms with Gasteiger partial charge in [0, 0.05) is 0 Å². The zero-order chi connectivity index (χ0) is 9.99. The zero-order valence-corrected chi connectivity index (χ0v) is 9.05. The fourth-order valence-corrected chi connectivity index (χ4v) is 5.46. The van der Waals surface area contributed by atoms with Crippen LogP contribution in [0.4, 0.5) is 0 Å². The van der Waals surface area contributed by atoms with E-state index < -0.39 is 19.7 Å². The summed E-state index contributed by atoms with van der Waals surface area (Å²) in [6.45, 7) is -5.80. The molecule has 0 fully saturated rings. The number of hydrogen-bond acceptors (Lipinski definition) is 4. The molecule has 0 bridgehead atoms. The molecule has 0 aliphatic carbocycles. The summed E-state index contributed by atoms with van der Waals surface area (Å²) in [7, 11) is 0. The summed E-state index contributed by atoms with van der Waals surface area (Å²) in [5.74, 6) is 0. The minimum Gasteiger partial charge on any atom is -0.316 e. The predicted octanol–water partition coefficient (Wildman–Crippen LogP) is 1.34. The van der Waals surface area contributed by atoms with Gasteiger partial charge in [-0.1, -0.05) is 0 Å². The van der Waals surface area contributed by atoms with Crippen LogP contribution >= 0.6 is 24.6 Å². The first kappa shape index (κ1) is 12.7. The monoisotopic (exact) mass is 236 g/mol. The molecule has 1 atom stereocenters. The van der Waals surface area contributed by atoms with Crippen molar-refractivity contribution in [3.05, 3.63) is 0 Å². The maximum atomic E-state index is 10.8. The van der Waals surface area contributed by atoms with E-state index in [2.05, 4.69) is 4.52 Å². The van der Waals surface area contributed by atoms with Gasteiger partial charge in [0.2, 0.25) is 0 Å². The molecular weight excluding hydrogens is 226 g/mol. The molecule has 3 N–H and O–H groups in total. The van der Waals surface area contributed by atoms with Crippen LogP contribution < -0.4 is 0 Å². The van der Waals surface area contributed by atoms with Crippen LogP contribution in [0.15, 0.2) is 0 Å². The first-order chi connectivity index (χ1) is 5.12. The van der Waals surface area contributed by atoms with Crippen molar-refractivity contribution in [1.29, 1.82) is 0 Å². The Kier molecular flexibility index (Phi) is 4.47. The van der Waals surface area contributed by atoms with Gasteiger partial charge in [0.25, 0.3) is 0 Å². The van der Waals surface area contributed by atoms with Gasteiger partial charge in [0.05, 0.1) is 17.1 Å². The highest BCUT2D eigenvalue weighted by atomic mass is 33.1. The van der Waals surface area contributed by atoms with Crippen LogP contribution in [0.2, 0.25) is 0 Å². The summed E-state index contributed by atoms with van der Waals surface area (Å²) < 4.78 is 25.5. The first-order valence-corrected chi connectivity index (χ1v) is 8.12. The topological polar surface area (TPSA) is 104 Å². The van der Waals surface area contributed by atoms with Gasteiger partial charge in [-0.25, -0.2) is 9.13 Å². The van der Waals surface area contributed by atoms with Gasteiger partial charge in [-0.05, 0) is 13.8 Å². The predicted molar refractivity (Wildman–Crippen MR) is 45.7 cm³/mol. The molecule has 0 heterocycles. The summed E-state index contributed by atoms with van der Waals surface area (Å²) in [6.07, 6.45) is -0.556. The van der Waals surface area contributed by atoms with E-state index in [1.165, 1.54) is 13.8 Å². The Hall–Kier alpha value is 0.650. The van der Waals surface area contributed by atoms with Crippen molar-refractivity contribution >= 4 is 24.6 Å². The Bertz CT molecular complexity index is 233. The quantitative estimate of drug-likeness (QED) is 0.632. The molecule has 0 amide bonds. The minimum atomic E-state index is -4.56. The molecule has 0 aromatic heterocycles. The van der Waals surface area contributed by atoms with Crippen molar-refractivity contribution in [3.63, 3.8) is 0 Å². The second kappa shape index (κ2) is 4.24. The van der Waals surface area contributed by atoms with Crippen molar-refractivity contribution in [3.8, 4) is 0 Å². The average molecular weight is 236 g/mol. The van der Waals surface area contributed by atoms with E-state index >= 15 is 0 Å². The van der Waals surface area contributed by atoms with Crippen LogP contribution in [0.25, 0.3) is 0 Å². The van der Waals surface area contributed by atoms with Crippen molar-refractivity contribution < 1.29 is 28.3 Å². The summed E-state index contributed by atoms with van der Waals surface area (Å²) >= 11 is -0.357. The molecule has 0 rings (SSSR count). The Labute approximate surface area is 73.5 Å². The van der Waals surface area contributed by atoms with Crippen molar-refractivity contribution in [2.75, 3.05) is 0 Å². The van der Waals surface area contributed by atoms with Crippen LogP contribution in [0.1, 0.15) is 13.8 Å². The fraction of sp³-hybridized carbons (Fsp3) is 1.00. The van der Waals surface area contributed by atoms with Crippen molar-refractivity contribution in [1.82, 2.24) is 0 Å². The molecule has 12 heavy (non-hydrogen) atoms. The van der Waals surface area contributed by atoms with Crippen molar-refractivity contribution in [2.24, 2.45) is 0 Å². The number of hydrogen-bond donors (Lipinski definition) is 3. The van der Waals surface area contributed by atoms with E-state index in [4.69, 9.17) is 14.7 Å². The average Bonchev–Trinajstić information content (AvgIpc) is 1.48. The third-order valence-electron chi connectivity index (χ3n) is 0.554. The number of rotatable bonds is 4. The van der Waals surface area contributed by atoms with Gasteiger partial charge in [-0.3, -0.25) is 4.52 Å². The lowest BCUT2D eigenvalue weighted by Gasteiger charge is -2.13. The van der Waals surface area contributed by atoms with E-state index in [0.29, 0.717) is 0 Å². The lowest BCUT2D eigenvalue weighted by Crippen LogP contribution is -1.97. The summed E-state index contributed by atoms with van der Waals surface area (Å²) in [4.78, 5) is 25.5. The third-order valence-corrected chi connectivity index (χ3v) is 6.95. The highest BCUT2D eigenvalue weighted by Crippen LogP contribution is 2.72. The molecule has 0 radical (unpaired) electrons. The lowest BCUT2D eigenvalue weighted by molar-refractivity contribution is 0.218. The molecule has 74 valence electrons. The Morgan fingerprint density at radius 3 is 1.92 bits per heavy atom. The second-order valence-electron chi connectivity index (χ2n) is 2.19. The first-order valence-electron chi connectivity index (χ1n) is 2.90. The maximum absolute atomic E-state index is 10.8. The largest absolute Gasteiger partial charge is 0.398 e. The van der Waals surface area contributed by atoms with Gasteiger partial charge in [-0.2, -0.15) is 0 Å². The van der Waals surface area contributed by atoms with Gasteiger partial charge < -0.3 is 14.7 Å². The zero-order valence-electron chi connectivity index (χ0n) is 6.45. The summed E-state index contributed by atoms with van der Waals surface area (Å²) in [5, 5.41) is 0. The molecule has 9 heteroatoms. The Balaban J connectivity index is 4.25. The Morgan fingerprint density at radius 2 is 1.67 bits per heavy atom. The smallest absolute Gasteiger partial charge is 0.316 e. The highest BCUT2D eigenvalue weighted by molar-refractivity contribution is 8.84. The molecule has 0 aromatic carbocycles. The van der Waals surface area contributed by atoms with Crippen molar-refractivity contribution in [2.45, 2.75) is 20.0 Å². The molecule has 0 aromatic rings. The minimum absolute atomic E-state index is 0.357.